The molecule has 0 N–H and O–H groups in total. The van der Waals surface area contributed by atoms with E-state index >= 15 is 0 Å². The van der Waals surface area contributed by atoms with Crippen molar-refractivity contribution in [2.75, 3.05) is 13.7 Å². The van der Waals surface area contributed by atoms with Crippen molar-refractivity contribution in [3.05, 3.63) is 30.0 Å². The topological polar surface area (TPSA) is 48.7 Å². The molecule has 2 rings (SSSR count). The van der Waals surface area contributed by atoms with E-state index in [2.05, 4.69) is 4.74 Å². The molecule has 4 heteroatoms. The molecule has 17 heavy (non-hydrogen) atoms. The fourth-order valence-electron chi connectivity index (χ4n) is 1.59. The van der Waals surface area contributed by atoms with E-state index in [4.69, 9.17) is 9.15 Å². The van der Waals surface area contributed by atoms with Gasteiger partial charge in [0.1, 0.15) is 23.2 Å². The summed E-state index contributed by atoms with van der Waals surface area (Å²) >= 11 is 0. The van der Waals surface area contributed by atoms with Crippen LogP contribution in [0, 0.1) is 0 Å². The number of furan rings is 1. The highest BCUT2D eigenvalue weighted by Gasteiger charge is 2.14. The standard InChI is InChI=1S/C13H14O4/c1-3-6-16-9-4-5-10-11(13(14)15-2)8-17-12(10)7-9/h4-5,7-8H,3,6H2,1-2H3. The van der Waals surface area contributed by atoms with Crippen molar-refractivity contribution in [3.63, 3.8) is 0 Å². The zero-order valence-electron chi connectivity index (χ0n) is 9.86. The lowest BCUT2D eigenvalue weighted by Gasteiger charge is -2.03. The van der Waals surface area contributed by atoms with Gasteiger partial charge in [-0.15, -0.1) is 0 Å². The van der Waals surface area contributed by atoms with Crippen LogP contribution in [0.2, 0.25) is 0 Å². The third-order valence-electron chi connectivity index (χ3n) is 2.43. The lowest BCUT2D eigenvalue weighted by atomic mass is 10.2. The zero-order chi connectivity index (χ0) is 12.3. The van der Waals surface area contributed by atoms with E-state index in [0.717, 1.165) is 17.6 Å². The van der Waals surface area contributed by atoms with Crippen LogP contribution in [0.4, 0.5) is 0 Å². The average molecular weight is 234 g/mol. The fraction of sp³-hybridized carbons (Fsp3) is 0.308. The summed E-state index contributed by atoms with van der Waals surface area (Å²) in [7, 11) is 1.35. The van der Waals surface area contributed by atoms with Crippen LogP contribution in [-0.2, 0) is 4.74 Å². The van der Waals surface area contributed by atoms with Gasteiger partial charge in [-0.2, -0.15) is 0 Å². The number of benzene rings is 1. The van der Waals surface area contributed by atoms with Gasteiger partial charge in [-0.25, -0.2) is 4.79 Å². The van der Waals surface area contributed by atoms with Gasteiger partial charge < -0.3 is 13.9 Å². The number of methoxy groups -OCH3 is 1. The Morgan fingerprint density at radius 3 is 2.94 bits per heavy atom. The number of hydrogen-bond donors (Lipinski definition) is 0. The molecule has 1 aromatic heterocycles. The Morgan fingerprint density at radius 1 is 1.41 bits per heavy atom. The minimum atomic E-state index is -0.397. The molecular weight excluding hydrogens is 220 g/mol. The van der Waals surface area contributed by atoms with E-state index in [1.54, 1.807) is 12.1 Å². The molecule has 0 spiro atoms. The van der Waals surface area contributed by atoms with Crippen LogP contribution in [0.3, 0.4) is 0 Å². The molecule has 0 radical (unpaired) electrons. The number of carbonyl (C=O) groups is 1. The van der Waals surface area contributed by atoms with Gasteiger partial charge in [0, 0.05) is 11.5 Å². The van der Waals surface area contributed by atoms with Gasteiger partial charge in [0.2, 0.25) is 0 Å². The molecule has 0 saturated carbocycles. The highest BCUT2D eigenvalue weighted by atomic mass is 16.5. The highest BCUT2D eigenvalue weighted by Crippen LogP contribution is 2.26. The van der Waals surface area contributed by atoms with Crippen LogP contribution in [0.15, 0.2) is 28.9 Å². The maximum Gasteiger partial charge on any atom is 0.341 e. The number of ether oxygens (including phenoxy) is 2. The molecular formula is C13H14O4. The first-order valence-electron chi connectivity index (χ1n) is 5.48. The summed E-state index contributed by atoms with van der Waals surface area (Å²) in [6.45, 7) is 2.71. The molecule has 0 aliphatic rings. The SMILES string of the molecule is CCCOc1ccc2c(C(=O)OC)coc2c1. The van der Waals surface area contributed by atoms with E-state index in [-0.39, 0.29) is 0 Å². The molecule has 4 nitrogen and oxygen atoms in total. The number of carbonyl (C=O) groups excluding carboxylic acids is 1. The molecule has 0 aliphatic heterocycles. The van der Waals surface area contributed by atoms with Crippen molar-refractivity contribution >= 4 is 16.9 Å². The normalized spacial score (nSPS) is 10.5. The Balaban J connectivity index is 2.34. The maximum absolute atomic E-state index is 11.4. The van der Waals surface area contributed by atoms with E-state index in [1.807, 2.05) is 13.0 Å². The quantitative estimate of drug-likeness (QED) is 0.763. The molecule has 1 aromatic carbocycles. The third-order valence-corrected chi connectivity index (χ3v) is 2.43. The van der Waals surface area contributed by atoms with Crippen LogP contribution in [-0.4, -0.2) is 19.7 Å². The summed E-state index contributed by atoms with van der Waals surface area (Å²) in [6.07, 6.45) is 2.35. The van der Waals surface area contributed by atoms with Crippen LogP contribution in [0.1, 0.15) is 23.7 Å². The molecule has 0 amide bonds. The summed E-state index contributed by atoms with van der Waals surface area (Å²) in [6, 6.07) is 5.40. The van der Waals surface area contributed by atoms with Crippen molar-refractivity contribution in [2.45, 2.75) is 13.3 Å². The first-order valence-corrected chi connectivity index (χ1v) is 5.48. The second-order valence-electron chi connectivity index (χ2n) is 3.65. The Bertz CT molecular complexity index is 527. The molecule has 2 aromatic rings. The maximum atomic E-state index is 11.4. The predicted molar refractivity (Wildman–Crippen MR) is 63.3 cm³/mol. The van der Waals surface area contributed by atoms with Gasteiger partial charge in [0.15, 0.2) is 0 Å². The molecule has 0 saturated heterocycles. The molecule has 0 bridgehead atoms. The Kier molecular flexibility index (Phi) is 3.32. The summed E-state index contributed by atoms with van der Waals surface area (Å²) in [5, 5.41) is 0.737. The monoisotopic (exact) mass is 234 g/mol. The number of esters is 1. The average Bonchev–Trinajstić information content (AvgIpc) is 2.78. The van der Waals surface area contributed by atoms with Crippen LogP contribution >= 0.6 is 0 Å². The minimum Gasteiger partial charge on any atom is -0.493 e. The summed E-state index contributed by atoms with van der Waals surface area (Å²) < 4.78 is 15.5. The number of hydrogen-bond acceptors (Lipinski definition) is 4. The largest absolute Gasteiger partial charge is 0.493 e. The first kappa shape index (κ1) is 11.5. The highest BCUT2D eigenvalue weighted by molar-refractivity contribution is 6.03. The number of fused-ring (bicyclic) bond motifs is 1. The van der Waals surface area contributed by atoms with Gasteiger partial charge in [0.05, 0.1) is 13.7 Å². The molecule has 90 valence electrons. The zero-order valence-corrected chi connectivity index (χ0v) is 9.86. The summed E-state index contributed by atoms with van der Waals surface area (Å²) in [5.74, 6) is 0.344. The molecule has 0 unspecified atom stereocenters. The van der Waals surface area contributed by atoms with E-state index in [9.17, 15) is 4.79 Å². The number of rotatable bonds is 4. The Hall–Kier alpha value is -1.97. The second-order valence-corrected chi connectivity index (χ2v) is 3.65. The van der Waals surface area contributed by atoms with Crippen molar-refractivity contribution in [2.24, 2.45) is 0 Å². The van der Waals surface area contributed by atoms with Gasteiger partial charge in [0.25, 0.3) is 0 Å². The van der Waals surface area contributed by atoms with Crippen molar-refractivity contribution in [1.82, 2.24) is 0 Å². The third kappa shape index (κ3) is 2.25. The van der Waals surface area contributed by atoms with Gasteiger partial charge in [-0.3, -0.25) is 0 Å². The van der Waals surface area contributed by atoms with Crippen molar-refractivity contribution in [3.8, 4) is 5.75 Å². The summed E-state index contributed by atoms with van der Waals surface area (Å²) in [5.41, 5.74) is 1.06. The Morgan fingerprint density at radius 2 is 2.24 bits per heavy atom. The van der Waals surface area contributed by atoms with Crippen LogP contribution in [0.25, 0.3) is 11.0 Å². The van der Waals surface area contributed by atoms with Gasteiger partial charge in [-0.05, 0) is 18.6 Å². The lowest BCUT2D eigenvalue weighted by molar-refractivity contribution is 0.0602. The van der Waals surface area contributed by atoms with Crippen LogP contribution in [0.5, 0.6) is 5.75 Å². The van der Waals surface area contributed by atoms with Crippen molar-refractivity contribution in [1.29, 1.82) is 0 Å². The van der Waals surface area contributed by atoms with E-state index in [0.29, 0.717) is 17.8 Å². The molecule has 1 heterocycles. The fourth-order valence-corrected chi connectivity index (χ4v) is 1.59. The lowest BCUT2D eigenvalue weighted by Crippen LogP contribution is -1.99. The summed E-state index contributed by atoms with van der Waals surface area (Å²) in [4.78, 5) is 11.4. The molecule has 0 atom stereocenters. The van der Waals surface area contributed by atoms with Crippen LogP contribution < -0.4 is 4.74 Å². The minimum absolute atomic E-state index is 0.397. The smallest absolute Gasteiger partial charge is 0.341 e. The predicted octanol–water partition coefficient (Wildman–Crippen LogP) is 3.01. The molecule has 0 aliphatic carbocycles. The first-order chi connectivity index (χ1) is 8.26. The van der Waals surface area contributed by atoms with Gasteiger partial charge >= 0.3 is 5.97 Å². The second kappa shape index (κ2) is 4.91. The van der Waals surface area contributed by atoms with E-state index < -0.39 is 5.97 Å². The molecule has 0 fully saturated rings. The Labute approximate surface area is 99.1 Å². The van der Waals surface area contributed by atoms with E-state index in [1.165, 1.54) is 13.4 Å². The van der Waals surface area contributed by atoms with Crippen molar-refractivity contribution < 1.29 is 18.7 Å². The van der Waals surface area contributed by atoms with Gasteiger partial charge in [-0.1, -0.05) is 6.92 Å².